The molecule has 1 atom stereocenters. The zero-order chi connectivity index (χ0) is 24.5. The number of ether oxygens (including phenoxy) is 2. The van der Waals surface area contributed by atoms with Crippen LogP contribution in [0.3, 0.4) is 0 Å². The van der Waals surface area contributed by atoms with Gasteiger partial charge < -0.3 is 14.6 Å². The molecule has 0 saturated carbocycles. The average Bonchev–Trinajstić information content (AvgIpc) is 3.41. The number of anilines is 1. The molecule has 0 fully saturated rings. The number of rotatable bonds is 7. The zero-order valence-corrected chi connectivity index (χ0v) is 20.9. The molecule has 0 aliphatic carbocycles. The highest BCUT2D eigenvalue weighted by Gasteiger charge is 2.43. The van der Waals surface area contributed by atoms with Gasteiger partial charge in [-0.25, -0.2) is 0 Å². The number of nitrogens with zero attached hydrogens (tertiary/aromatic N) is 2. The molecule has 5 rings (SSSR count). The van der Waals surface area contributed by atoms with Gasteiger partial charge in [0.2, 0.25) is 0 Å². The average molecular weight is 534 g/mol. The summed E-state index contributed by atoms with van der Waals surface area (Å²) < 4.78 is 12.1. The van der Waals surface area contributed by atoms with Gasteiger partial charge in [-0.3, -0.25) is 14.8 Å². The van der Waals surface area contributed by atoms with Crippen LogP contribution >= 0.6 is 15.9 Å². The van der Waals surface area contributed by atoms with E-state index in [9.17, 15) is 9.90 Å². The largest absolute Gasteiger partial charge is 0.504 e. The number of fused-ring (bicyclic) bond motifs is 1. The van der Waals surface area contributed by atoms with E-state index in [1.165, 1.54) is 0 Å². The van der Waals surface area contributed by atoms with Gasteiger partial charge in [0.15, 0.2) is 11.5 Å². The predicted octanol–water partition coefficient (Wildman–Crippen LogP) is 6.09. The summed E-state index contributed by atoms with van der Waals surface area (Å²) in [6.45, 7) is 4.79. The first-order chi connectivity index (χ1) is 17.0. The second-order valence-electron chi connectivity index (χ2n) is 8.03. The molecule has 1 amide bonds. The summed E-state index contributed by atoms with van der Waals surface area (Å²) in [6, 6.07) is 20.0. The van der Waals surface area contributed by atoms with Crippen LogP contribution in [-0.4, -0.2) is 34.4 Å². The Morgan fingerprint density at radius 3 is 2.40 bits per heavy atom. The lowest BCUT2D eigenvalue weighted by atomic mass is 9.95. The first kappa shape index (κ1) is 23.0. The monoisotopic (exact) mass is 533 g/mol. The number of nitrogens with one attached hydrogen (secondary N) is 1. The molecule has 7 nitrogen and oxygen atoms in total. The van der Waals surface area contributed by atoms with Gasteiger partial charge in [0, 0.05) is 21.3 Å². The van der Waals surface area contributed by atoms with Crippen molar-refractivity contribution >= 4 is 27.5 Å². The Morgan fingerprint density at radius 1 is 1.00 bits per heavy atom. The molecule has 0 radical (unpaired) electrons. The standard InChI is InChI=1S/C27H24BrN3O4/c1-3-34-20-12-5-16(6-13-20)24-23-25(30-29-24)27(33)31(19-10-8-18(28)9-11-19)26(23)17-7-14-21(32)22(15-17)35-4-2/h5-15,26,32H,3-4H2,1-2H3,(H,29,30)/t26-/m1/s1. The van der Waals surface area contributed by atoms with Crippen LogP contribution in [0.4, 0.5) is 5.69 Å². The number of aromatic hydroxyl groups is 1. The Morgan fingerprint density at radius 2 is 1.71 bits per heavy atom. The predicted molar refractivity (Wildman–Crippen MR) is 137 cm³/mol. The van der Waals surface area contributed by atoms with E-state index in [1.807, 2.05) is 68.4 Å². The SMILES string of the molecule is CCOc1ccc(-c2n[nH]c3c2[C@@H](c2ccc(O)c(OCC)c2)N(c2ccc(Br)cc2)C3=O)cc1. The smallest absolute Gasteiger partial charge is 0.277 e. The highest BCUT2D eigenvalue weighted by atomic mass is 79.9. The number of hydrogen-bond acceptors (Lipinski definition) is 5. The molecule has 35 heavy (non-hydrogen) atoms. The van der Waals surface area contributed by atoms with Crippen LogP contribution in [0, 0.1) is 0 Å². The van der Waals surface area contributed by atoms with Crippen LogP contribution in [0.2, 0.25) is 0 Å². The molecule has 2 heterocycles. The fourth-order valence-electron chi connectivity index (χ4n) is 4.40. The normalized spacial score (nSPS) is 14.8. The van der Waals surface area contributed by atoms with Crippen molar-refractivity contribution in [3.8, 4) is 28.5 Å². The third-order valence-corrected chi connectivity index (χ3v) is 6.44. The Balaban J connectivity index is 1.67. The van der Waals surface area contributed by atoms with Gasteiger partial charge in [-0.05, 0) is 80.1 Å². The summed E-state index contributed by atoms with van der Waals surface area (Å²) in [4.78, 5) is 15.4. The van der Waals surface area contributed by atoms with Crippen LogP contribution < -0.4 is 14.4 Å². The van der Waals surface area contributed by atoms with Crippen molar-refractivity contribution in [2.75, 3.05) is 18.1 Å². The van der Waals surface area contributed by atoms with E-state index in [0.717, 1.165) is 32.6 Å². The number of halogens is 1. The minimum absolute atomic E-state index is 0.0502. The van der Waals surface area contributed by atoms with Gasteiger partial charge in [0.25, 0.3) is 5.91 Å². The molecule has 1 aliphatic heterocycles. The van der Waals surface area contributed by atoms with Crippen molar-refractivity contribution in [2.24, 2.45) is 0 Å². The van der Waals surface area contributed by atoms with Crippen molar-refractivity contribution in [1.29, 1.82) is 0 Å². The molecule has 0 spiro atoms. The Kier molecular flexibility index (Phi) is 6.21. The molecule has 8 heteroatoms. The van der Waals surface area contributed by atoms with Gasteiger partial charge in [-0.2, -0.15) is 5.10 Å². The topological polar surface area (TPSA) is 87.7 Å². The number of phenolic OH excluding ortho intramolecular Hbond substituents is 1. The van der Waals surface area contributed by atoms with Gasteiger partial charge in [-0.1, -0.05) is 22.0 Å². The minimum atomic E-state index is -0.473. The number of H-pyrrole nitrogens is 1. The van der Waals surface area contributed by atoms with Crippen LogP contribution in [-0.2, 0) is 0 Å². The summed E-state index contributed by atoms with van der Waals surface area (Å²) in [7, 11) is 0. The van der Waals surface area contributed by atoms with Crippen LogP contribution in [0.5, 0.6) is 17.2 Å². The Hall–Kier alpha value is -3.78. The maximum Gasteiger partial charge on any atom is 0.277 e. The van der Waals surface area contributed by atoms with E-state index >= 15 is 0 Å². The summed E-state index contributed by atoms with van der Waals surface area (Å²) in [6.07, 6.45) is 0. The molecule has 1 aromatic heterocycles. The van der Waals surface area contributed by atoms with Gasteiger partial charge in [0.05, 0.1) is 24.9 Å². The second-order valence-corrected chi connectivity index (χ2v) is 8.95. The molecular formula is C27H24BrN3O4. The first-order valence-electron chi connectivity index (χ1n) is 11.4. The molecule has 0 unspecified atom stereocenters. The van der Waals surface area contributed by atoms with Crippen molar-refractivity contribution in [3.05, 3.63) is 88.0 Å². The lowest BCUT2D eigenvalue weighted by molar-refractivity contribution is 0.0988. The minimum Gasteiger partial charge on any atom is -0.504 e. The highest BCUT2D eigenvalue weighted by molar-refractivity contribution is 9.10. The van der Waals surface area contributed by atoms with Crippen molar-refractivity contribution in [1.82, 2.24) is 10.2 Å². The third-order valence-electron chi connectivity index (χ3n) is 5.91. The summed E-state index contributed by atoms with van der Waals surface area (Å²) in [5.74, 6) is 1.01. The number of benzene rings is 3. The van der Waals surface area contributed by atoms with Crippen molar-refractivity contribution in [2.45, 2.75) is 19.9 Å². The zero-order valence-electron chi connectivity index (χ0n) is 19.3. The number of carbonyl (C=O) groups excluding carboxylic acids is 1. The molecule has 3 aromatic carbocycles. The number of hydrogen-bond donors (Lipinski definition) is 2. The molecule has 4 aromatic rings. The lowest BCUT2D eigenvalue weighted by Gasteiger charge is -2.27. The Labute approximate surface area is 211 Å². The molecular weight excluding hydrogens is 510 g/mol. The van der Waals surface area contributed by atoms with Gasteiger partial charge in [0.1, 0.15) is 11.4 Å². The van der Waals surface area contributed by atoms with Crippen LogP contribution in [0.1, 0.15) is 41.5 Å². The fourth-order valence-corrected chi connectivity index (χ4v) is 4.66. The number of amides is 1. The van der Waals surface area contributed by atoms with Crippen molar-refractivity contribution in [3.63, 3.8) is 0 Å². The second kappa shape index (κ2) is 9.46. The van der Waals surface area contributed by atoms with Crippen LogP contribution in [0.15, 0.2) is 71.2 Å². The van der Waals surface area contributed by atoms with Gasteiger partial charge >= 0.3 is 0 Å². The summed E-state index contributed by atoms with van der Waals surface area (Å²) >= 11 is 3.47. The van der Waals surface area contributed by atoms with E-state index in [0.29, 0.717) is 30.4 Å². The van der Waals surface area contributed by atoms with Crippen molar-refractivity contribution < 1.29 is 19.4 Å². The van der Waals surface area contributed by atoms with E-state index in [2.05, 4.69) is 26.1 Å². The maximum atomic E-state index is 13.7. The van der Waals surface area contributed by atoms with E-state index in [-0.39, 0.29) is 11.7 Å². The Bertz CT molecular complexity index is 1370. The third kappa shape index (κ3) is 4.14. The number of aromatic amines is 1. The molecule has 178 valence electrons. The number of phenols is 1. The first-order valence-corrected chi connectivity index (χ1v) is 12.2. The molecule has 0 saturated heterocycles. The highest BCUT2D eigenvalue weighted by Crippen LogP contribution is 2.46. The van der Waals surface area contributed by atoms with Crippen LogP contribution in [0.25, 0.3) is 11.3 Å². The van der Waals surface area contributed by atoms with E-state index < -0.39 is 6.04 Å². The molecule has 1 aliphatic rings. The summed E-state index contributed by atoms with van der Waals surface area (Å²) in [5, 5.41) is 17.8. The molecule has 0 bridgehead atoms. The fraction of sp³-hybridized carbons (Fsp3) is 0.185. The number of aromatic nitrogens is 2. The van der Waals surface area contributed by atoms with E-state index in [1.54, 1.807) is 17.0 Å². The number of carbonyl (C=O) groups is 1. The summed E-state index contributed by atoms with van der Waals surface area (Å²) in [5.41, 5.74) is 4.31. The van der Waals surface area contributed by atoms with E-state index in [4.69, 9.17) is 9.47 Å². The molecule has 2 N–H and O–H groups in total. The lowest BCUT2D eigenvalue weighted by Crippen LogP contribution is -2.29. The maximum absolute atomic E-state index is 13.7. The quantitative estimate of drug-likeness (QED) is 0.300. The van der Waals surface area contributed by atoms with Gasteiger partial charge in [-0.15, -0.1) is 0 Å².